The van der Waals surface area contributed by atoms with Gasteiger partial charge in [-0.2, -0.15) is 4.98 Å². The second-order valence-corrected chi connectivity index (χ2v) is 6.63. The van der Waals surface area contributed by atoms with E-state index >= 15 is 0 Å². The summed E-state index contributed by atoms with van der Waals surface area (Å²) < 4.78 is 5.51. The normalized spacial score (nSPS) is 10.4. The molecule has 0 unspecified atom stereocenters. The van der Waals surface area contributed by atoms with E-state index in [0.717, 1.165) is 34.1 Å². The molecule has 30 heavy (non-hydrogen) atoms. The van der Waals surface area contributed by atoms with Crippen LogP contribution in [0.4, 0.5) is 17.5 Å². The molecule has 6 heteroatoms. The predicted octanol–water partition coefficient (Wildman–Crippen LogP) is 5.29. The molecule has 2 heterocycles. The number of ether oxygens (including phenoxy) is 1. The minimum absolute atomic E-state index is 0.522. The smallest absolute Gasteiger partial charge is 0.229 e. The lowest BCUT2D eigenvalue weighted by Gasteiger charge is -2.12. The monoisotopic (exact) mass is 397 g/mol. The molecule has 0 aliphatic rings. The highest BCUT2D eigenvalue weighted by Crippen LogP contribution is 2.24. The summed E-state index contributed by atoms with van der Waals surface area (Å²) in [6.07, 6.45) is 3.60. The van der Waals surface area contributed by atoms with Gasteiger partial charge in [-0.15, -0.1) is 0 Å². The maximum atomic E-state index is 5.51. The van der Waals surface area contributed by atoms with E-state index in [1.54, 1.807) is 6.20 Å². The zero-order valence-electron chi connectivity index (χ0n) is 16.7. The van der Waals surface area contributed by atoms with Gasteiger partial charge in [0.25, 0.3) is 0 Å². The van der Waals surface area contributed by atoms with Crippen molar-refractivity contribution in [3.8, 4) is 17.0 Å². The van der Waals surface area contributed by atoms with Crippen LogP contribution in [-0.4, -0.2) is 21.6 Å². The number of hydrogen-bond donors (Lipinski definition) is 2. The maximum absolute atomic E-state index is 5.51. The Balaban J connectivity index is 1.59. The molecular weight excluding hydrogens is 374 g/mol. The molecule has 0 saturated carbocycles. The summed E-state index contributed by atoms with van der Waals surface area (Å²) in [6, 6.07) is 23.7. The Morgan fingerprint density at radius 2 is 1.73 bits per heavy atom. The van der Waals surface area contributed by atoms with Crippen LogP contribution in [0.25, 0.3) is 11.3 Å². The van der Waals surface area contributed by atoms with Gasteiger partial charge in [0.15, 0.2) is 0 Å². The van der Waals surface area contributed by atoms with Crippen molar-refractivity contribution in [3.05, 3.63) is 90.8 Å². The number of pyridine rings is 1. The van der Waals surface area contributed by atoms with Gasteiger partial charge in [0.05, 0.1) is 12.3 Å². The lowest BCUT2D eigenvalue weighted by atomic mass is 10.1. The molecule has 4 aromatic rings. The summed E-state index contributed by atoms with van der Waals surface area (Å²) in [5.74, 6) is 2.09. The number of nitrogens with one attached hydrogen (secondary N) is 2. The van der Waals surface area contributed by atoms with Crippen LogP contribution in [0.3, 0.4) is 0 Å². The van der Waals surface area contributed by atoms with Gasteiger partial charge in [0.1, 0.15) is 11.6 Å². The van der Waals surface area contributed by atoms with E-state index in [2.05, 4.69) is 20.6 Å². The highest BCUT2D eigenvalue weighted by Gasteiger charge is 2.08. The zero-order valence-corrected chi connectivity index (χ0v) is 16.7. The van der Waals surface area contributed by atoms with E-state index in [-0.39, 0.29) is 0 Å². The number of aromatic nitrogens is 3. The fourth-order valence-electron chi connectivity index (χ4n) is 2.98. The third-order valence-corrected chi connectivity index (χ3v) is 4.41. The lowest BCUT2D eigenvalue weighted by molar-refractivity contribution is 0.340. The quantitative estimate of drug-likeness (QED) is 0.421. The Bertz CT molecular complexity index is 1070. The Hall–Kier alpha value is -3.93. The number of benzene rings is 2. The van der Waals surface area contributed by atoms with Crippen LogP contribution in [-0.2, 0) is 6.54 Å². The largest absolute Gasteiger partial charge is 0.494 e. The van der Waals surface area contributed by atoms with Crippen molar-refractivity contribution >= 4 is 17.5 Å². The first-order valence-corrected chi connectivity index (χ1v) is 9.87. The van der Waals surface area contributed by atoms with Gasteiger partial charge in [0.2, 0.25) is 5.95 Å². The number of hydrogen-bond acceptors (Lipinski definition) is 6. The van der Waals surface area contributed by atoms with Crippen molar-refractivity contribution in [3.63, 3.8) is 0 Å². The number of nitrogens with zero attached hydrogens (tertiary/aromatic N) is 3. The third kappa shape index (κ3) is 5.11. The first-order chi connectivity index (χ1) is 14.8. The third-order valence-electron chi connectivity index (χ3n) is 4.41. The van der Waals surface area contributed by atoms with Crippen LogP contribution < -0.4 is 15.4 Å². The molecule has 0 radical (unpaired) electrons. The molecule has 4 rings (SSSR count). The highest BCUT2D eigenvalue weighted by molar-refractivity contribution is 5.66. The van der Waals surface area contributed by atoms with Crippen LogP contribution in [0.15, 0.2) is 85.2 Å². The van der Waals surface area contributed by atoms with E-state index < -0.39 is 0 Å². The van der Waals surface area contributed by atoms with Gasteiger partial charge in [-0.3, -0.25) is 4.98 Å². The Labute approximate surface area is 176 Å². The molecule has 2 N–H and O–H groups in total. The standard InChI is InChI=1S/C24H23N5O/c1-2-30-21-12-10-20(11-13-21)27-24-28-22(19-8-4-3-5-9-19)15-23(29-24)26-17-18-7-6-14-25-16-18/h3-16H,2,17H2,1H3,(H2,26,27,28,29). The second kappa shape index (κ2) is 9.52. The molecular formula is C24H23N5O. The van der Waals surface area contributed by atoms with E-state index in [9.17, 15) is 0 Å². The molecule has 0 saturated heterocycles. The average molecular weight is 397 g/mol. The first-order valence-electron chi connectivity index (χ1n) is 9.87. The Kier molecular flexibility index (Phi) is 6.15. The number of anilines is 3. The van der Waals surface area contributed by atoms with E-state index in [4.69, 9.17) is 9.72 Å². The summed E-state index contributed by atoms with van der Waals surface area (Å²) in [5.41, 5.74) is 3.84. The van der Waals surface area contributed by atoms with Gasteiger partial charge in [0, 0.05) is 36.3 Å². The van der Waals surface area contributed by atoms with Crippen LogP contribution in [0.5, 0.6) is 5.75 Å². The molecule has 2 aromatic carbocycles. The molecule has 0 amide bonds. The molecule has 150 valence electrons. The summed E-state index contributed by atoms with van der Waals surface area (Å²) in [4.78, 5) is 13.5. The maximum Gasteiger partial charge on any atom is 0.229 e. The molecule has 0 fully saturated rings. The van der Waals surface area contributed by atoms with Crippen LogP contribution in [0, 0.1) is 0 Å². The van der Waals surface area contributed by atoms with Gasteiger partial charge in [-0.1, -0.05) is 36.4 Å². The molecule has 0 spiro atoms. The SMILES string of the molecule is CCOc1ccc(Nc2nc(NCc3cccnc3)cc(-c3ccccc3)n2)cc1. The average Bonchev–Trinajstić information content (AvgIpc) is 2.80. The van der Waals surface area contributed by atoms with Crippen LogP contribution in [0.2, 0.25) is 0 Å². The summed E-state index contributed by atoms with van der Waals surface area (Å²) >= 11 is 0. The molecule has 6 nitrogen and oxygen atoms in total. The molecule has 0 aliphatic heterocycles. The van der Waals surface area contributed by atoms with E-state index in [1.807, 2.05) is 85.9 Å². The van der Waals surface area contributed by atoms with Crippen molar-refractivity contribution in [1.82, 2.24) is 15.0 Å². The summed E-state index contributed by atoms with van der Waals surface area (Å²) in [6.45, 7) is 3.23. The van der Waals surface area contributed by atoms with Crippen LogP contribution in [0.1, 0.15) is 12.5 Å². The zero-order chi connectivity index (χ0) is 20.6. The van der Waals surface area contributed by atoms with Gasteiger partial charge >= 0.3 is 0 Å². The molecule has 0 atom stereocenters. The van der Waals surface area contributed by atoms with Crippen molar-refractivity contribution in [2.75, 3.05) is 17.2 Å². The minimum atomic E-state index is 0.522. The van der Waals surface area contributed by atoms with Gasteiger partial charge in [-0.05, 0) is 42.8 Å². The Morgan fingerprint density at radius 1 is 0.900 bits per heavy atom. The van der Waals surface area contributed by atoms with Crippen molar-refractivity contribution in [1.29, 1.82) is 0 Å². The van der Waals surface area contributed by atoms with Gasteiger partial charge < -0.3 is 15.4 Å². The molecule has 0 bridgehead atoms. The predicted molar refractivity (Wildman–Crippen MR) is 120 cm³/mol. The number of rotatable bonds is 8. The highest BCUT2D eigenvalue weighted by atomic mass is 16.5. The molecule has 0 aliphatic carbocycles. The van der Waals surface area contributed by atoms with E-state index in [0.29, 0.717) is 19.1 Å². The summed E-state index contributed by atoms with van der Waals surface area (Å²) in [5, 5.41) is 6.66. The summed E-state index contributed by atoms with van der Waals surface area (Å²) in [7, 11) is 0. The second-order valence-electron chi connectivity index (χ2n) is 6.63. The van der Waals surface area contributed by atoms with Crippen molar-refractivity contribution in [2.24, 2.45) is 0 Å². The van der Waals surface area contributed by atoms with Gasteiger partial charge in [-0.25, -0.2) is 4.98 Å². The van der Waals surface area contributed by atoms with Crippen LogP contribution >= 0.6 is 0 Å². The van der Waals surface area contributed by atoms with Crippen molar-refractivity contribution < 1.29 is 4.74 Å². The van der Waals surface area contributed by atoms with Crippen molar-refractivity contribution in [2.45, 2.75) is 13.5 Å². The minimum Gasteiger partial charge on any atom is -0.494 e. The Morgan fingerprint density at radius 3 is 2.47 bits per heavy atom. The lowest BCUT2D eigenvalue weighted by Crippen LogP contribution is -2.06. The fourth-order valence-corrected chi connectivity index (χ4v) is 2.98. The molecule has 2 aromatic heterocycles. The fraction of sp³-hybridized carbons (Fsp3) is 0.125. The topological polar surface area (TPSA) is 72.0 Å². The van der Waals surface area contributed by atoms with E-state index in [1.165, 1.54) is 0 Å². The first kappa shape index (κ1) is 19.4.